The summed E-state index contributed by atoms with van der Waals surface area (Å²) in [6, 6.07) is 0. The molecule has 10 nitrogen and oxygen atoms in total. The molecule has 152 valence electrons. The number of fused-ring (bicyclic) bond motifs is 2. The Morgan fingerprint density at radius 3 is 0.821 bits per heavy atom. The van der Waals surface area contributed by atoms with Gasteiger partial charge in [0.25, 0.3) is 0 Å². The first-order valence-corrected chi connectivity index (χ1v) is 8.65. The Labute approximate surface area is 159 Å². The summed E-state index contributed by atoms with van der Waals surface area (Å²) in [5, 5.41) is 0. The van der Waals surface area contributed by atoms with E-state index in [1.54, 1.807) is 0 Å². The summed E-state index contributed by atoms with van der Waals surface area (Å²) in [4.78, 5) is 74.9. The molecule has 3 saturated carbocycles. The van der Waals surface area contributed by atoms with Gasteiger partial charge in [-0.1, -0.05) is 0 Å². The van der Waals surface area contributed by atoms with Crippen LogP contribution in [0.25, 0.3) is 0 Å². The van der Waals surface area contributed by atoms with E-state index < -0.39 is 82.8 Å². The number of carbonyl (C=O) groups excluding carboxylic acids is 6. The van der Waals surface area contributed by atoms with Crippen molar-refractivity contribution in [2.24, 2.45) is 47.3 Å². The number of hydrogen-bond acceptors (Lipinski definition) is 10. The van der Waals surface area contributed by atoms with Crippen molar-refractivity contribution in [3.05, 3.63) is 0 Å². The van der Waals surface area contributed by atoms with E-state index in [9.17, 15) is 28.8 Å². The fourth-order valence-corrected chi connectivity index (χ4v) is 5.07. The van der Waals surface area contributed by atoms with Crippen LogP contribution >= 0.6 is 0 Å². The van der Waals surface area contributed by atoms with Gasteiger partial charge in [-0.2, -0.15) is 0 Å². The van der Waals surface area contributed by atoms with Crippen LogP contribution in [0.1, 0.15) is 0 Å². The van der Waals surface area contributed by atoms with Gasteiger partial charge >= 0.3 is 23.9 Å². The Balaban J connectivity index is 2.02. The van der Waals surface area contributed by atoms with E-state index in [4.69, 9.17) is 0 Å². The fourth-order valence-electron chi connectivity index (χ4n) is 5.07. The smallest absolute Gasteiger partial charge is 0.310 e. The maximum Gasteiger partial charge on any atom is 0.310 e. The van der Waals surface area contributed by atoms with Crippen LogP contribution in [0, 0.1) is 47.3 Å². The first-order valence-electron chi connectivity index (χ1n) is 8.65. The highest BCUT2D eigenvalue weighted by atomic mass is 16.5. The third-order valence-electron chi connectivity index (χ3n) is 6.30. The number of hydrogen-bond donors (Lipinski definition) is 0. The van der Waals surface area contributed by atoms with Gasteiger partial charge in [0.2, 0.25) is 0 Å². The first kappa shape index (κ1) is 20.0. The molecule has 0 bridgehead atoms. The highest BCUT2D eigenvalue weighted by Crippen LogP contribution is 2.62. The molecule has 0 aromatic rings. The summed E-state index contributed by atoms with van der Waals surface area (Å²) >= 11 is 0. The van der Waals surface area contributed by atoms with Crippen LogP contribution in [0.4, 0.5) is 0 Å². The van der Waals surface area contributed by atoms with Crippen LogP contribution in [0.3, 0.4) is 0 Å². The third kappa shape index (κ3) is 2.39. The van der Waals surface area contributed by atoms with Gasteiger partial charge < -0.3 is 18.9 Å². The highest BCUT2D eigenvalue weighted by molar-refractivity contribution is 6.12. The lowest BCUT2D eigenvalue weighted by Gasteiger charge is -2.59. The van der Waals surface area contributed by atoms with Crippen molar-refractivity contribution in [2.45, 2.75) is 0 Å². The van der Waals surface area contributed by atoms with E-state index in [1.165, 1.54) is 0 Å². The molecular formula is C18H20O10. The van der Waals surface area contributed by atoms with E-state index in [2.05, 4.69) is 18.9 Å². The van der Waals surface area contributed by atoms with Crippen LogP contribution in [0.5, 0.6) is 0 Å². The largest absolute Gasteiger partial charge is 0.469 e. The summed E-state index contributed by atoms with van der Waals surface area (Å²) in [7, 11) is 4.43. The number of esters is 4. The second-order valence-corrected chi connectivity index (χ2v) is 7.10. The number of methoxy groups -OCH3 is 4. The predicted molar refractivity (Wildman–Crippen MR) is 86.0 cm³/mol. The second kappa shape index (κ2) is 6.99. The Kier molecular flexibility index (Phi) is 4.99. The topological polar surface area (TPSA) is 139 Å². The predicted octanol–water partition coefficient (Wildman–Crippen LogP) is -1.21. The molecule has 0 unspecified atom stereocenters. The van der Waals surface area contributed by atoms with Crippen molar-refractivity contribution in [3.63, 3.8) is 0 Å². The average molecular weight is 396 g/mol. The van der Waals surface area contributed by atoms with Crippen molar-refractivity contribution >= 4 is 35.4 Å². The number of rotatable bonds is 4. The zero-order valence-electron chi connectivity index (χ0n) is 15.7. The third-order valence-corrected chi connectivity index (χ3v) is 6.30. The molecular weight excluding hydrogens is 376 g/mol. The summed E-state index contributed by atoms with van der Waals surface area (Å²) in [6.45, 7) is 0. The van der Waals surface area contributed by atoms with Gasteiger partial charge in [-0.25, -0.2) is 0 Å². The van der Waals surface area contributed by atoms with E-state index in [1.807, 2.05) is 0 Å². The number of carbonyl (C=O) groups is 6. The minimum Gasteiger partial charge on any atom is -0.469 e. The quantitative estimate of drug-likeness (QED) is 0.420. The van der Waals surface area contributed by atoms with Crippen molar-refractivity contribution in [2.75, 3.05) is 28.4 Å². The van der Waals surface area contributed by atoms with Gasteiger partial charge in [-0.3, -0.25) is 28.8 Å². The van der Waals surface area contributed by atoms with E-state index >= 15 is 0 Å². The lowest BCUT2D eigenvalue weighted by Crippen LogP contribution is -2.73. The molecule has 3 aliphatic rings. The zero-order valence-corrected chi connectivity index (χ0v) is 15.7. The van der Waals surface area contributed by atoms with Gasteiger partial charge in [-0.15, -0.1) is 0 Å². The Morgan fingerprint density at radius 2 is 0.679 bits per heavy atom. The molecule has 0 saturated heterocycles. The molecule has 0 heterocycles. The fraction of sp³-hybridized carbons (Fsp3) is 0.667. The van der Waals surface area contributed by atoms with Crippen molar-refractivity contribution in [1.82, 2.24) is 0 Å². The standard InChI is InChI=1S/C18H20O10/c1-25-15(21)9-5-6(10(9)16(22)26-2)14(20)8-7(13(5)19)11(17(23)27-3)12(8)18(24)28-4/h5-12H,1-4H3/t5-,6-,7-,8+,9+,10-,11-,12+/m1/s1. The van der Waals surface area contributed by atoms with Crippen LogP contribution in [-0.4, -0.2) is 63.9 Å². The van der Waals surface area contributed by atoms with Gasteiger partial charge in [0.05, 0.1) is 52.1 Å². The lowest BCUT2D eigenvalue weighted by atomic mass is 9.39. The van der Waals surface area contributed by atoms with Crippen molar-refractivity contribution in [3.8, 4) is 0 Å². The molecule has 0 aromatic heterocycles. The molecule has 0 aromatic carbocycles. The van der Waals surface area contributed by atoms with Gasteiger partial charge in [0.1, 0.15) is 11.6 Å². The second-order valence-electron chi connectivity index (χ2n) is 7.10. The minimum absolute atomic E-state index is 0.527. The summed E-state index contributed by atoms with van der Waals surface area (Å²) in [5.74, 6) is -13.4. The van der Waals surface area contributed by atoms with Crippen LogP contribution in [0.2, 0.25) is 0 Å². The summed E-state index contributed by atoms with van der Waals surface area (Å²) < 4.78 is 18.8. The van der Waals surface area contributed by atoms with E-state index in [0.717, 1.165) is 28.4 Å². The first-order chi connectivity index (χ1) is 13.3. The normalized spacial score (nSPS) is 38.0. The summed E-state index contributed by atoms with van der Waals surface area (Å²) in [6.07, 6.45) is 0. The molecule has 0 spiro atoms. The highest BCUT2D eigenvalue weighted by Gasteiger charge is 2.76. The Morgan fingerprint density at radius 1 is 0.500 bits per heavy atom. The van der Waals surface area contributed by atoms with Crippen LogP contribution in [-0.2, 0) is 47.7 Å². The van der Waals surface area contributed by atoms with Crippen LogP contribution in [0.15, 0.2) is 0 Å². The number of Topliss-reactive ketones (excluding diaryl/α,β-unsaturated/α-hetero) is 2. The molecule has 0 amide bonds. The van der Waals surface area contributed by atoms with Crippen LogP contribution < -0.4 is 0 Å². The maximum absolute atomic E-state index is 13.1. The molecule has 0 radical (unpaired) electrons. The monoisotopic (exact) mass is 396 g/mol. The molecule has 3 fully saturated rings. The average Bonchev–Trinajstić information content (AvgIpc) is 2.64. The SMILES string of the molecule is COC(=O)[C@@H]1[C@H](C(=O)OC)[C@@H]2C(=O)[C@H]3[C@H](C(=O)OC)[C@H](C(=O)OC)[C@@H]3C(=O)[C@H]12. The van der Waals surface area contributed by atoms with Crippen molar-refractivity contribution < 1.29 is 47.7 Å². The molecule has 3 rings (SSSR count). The van der Waals surface area contributed by atoms with Gasteiger partial charge in [0.15, 0.2) is 0 Å². The number of ketones is 2. The summed E-state index contributed by atoms with van der Waals surface area (Å²) in [5.41, 5.74) is 0. The Bertz CT molecular complexity index is 646. The maximum atomic E-state index is 13.1. The van der Waals surface area contributed by atoms with E-state index in [-0.39, 0.29) is 0 Å². The lowest BCUT2D eigenvalue weighted by molar-refractivity contribution is -0.208. The molecule has 8 atom stereocenters. The molecule has 0 N–H and O–H groups in total. The molecule has 10 heteroatoms. The molecule has 3 aliphatic carbocycles. The zero-order chi connectivity index (χ0) is 20.9. The van der Waals surface area contributed by atoms with Gasteiger partial charge in [0, 0.05) is 23.7 Å². The minimum atomic E-state index is -1.17. The molecule has 0 aliphatic heterocycles. The van der Waals surface area contributed by atoms with E-state index in [0.29, 0.717) is 0 Å². The Hall–Kier alpha value is -2.78. The number of ether oxygens (including phenoxy) is 4. The molecule has 28 heavy (non-hydrogen) atoms. The van der Waals surface area contributed by atoms with Gasteiger partial charge in [-0.05, 0) is 0 Å². The van der Waals surface area contributed by atoms with Crippen molar-refractivity contribution in [1.29, 1.82) is 0 Å².